The van der Waals surface area contributed by atoms with E-state index in [0.29, 0.717) is 5.56 Å². The van der Waals surface area contributed by atoms with Gasteiger partial charge in [0.05, 0.1) is 7.11 Å². The fourth-order valence-electron chi connectivity index (χ4n) is 1.33. The molecule has 1 aromatic rings. The van der Waals surface area contributed by atoms with Crippen LogP contribution >= 0.6 is 0 Å². The molecule has 0 aromatic heterocycles. The van der Waals surface area contributed by atoms with Gasteiger partial charge in [-0.25, -0.2) is 4.79 Å². The number of aliphatic hydroxyl groups is 1. The van der Waals surface area contributed by atoms with E-state index < -0.39 is 22.5 Å². The third kappa shape index (κ3) is 4.73. The van der Waals surface area contributed by atoms with Crippen LogP contribution in [0.15, 0.2) is 18.2 Å². The minimum absolute atomic E-state index is 0.0206. The molecule has 1 atom stereocenters. The molecule has 0 bridgehead atoms. The molecule has 0 saturated heterocycles. The lowest BCUT2D eigenvalue weighted by molar-refractivity contribution is -0.146. The van der Waals surface area contributed by atoms with Crippen LogP contribution in [0.1, 0.15) is 5.56 Å². The van der Waals surface area contributed by atoms with E-state index in [4.69, 9.17) is 14.4 Å². The van der Waals surface area contributed by atoms with Crippen LogP contribution in [0.25, 0.3) is 0 Å². The predicted octanol–water partition coefficient (Wildman–Crippen LogP) is -0.135. The van der Waals surface area contributed by atoms with Crippen LogP contribution in [0.2, 0.25) is 0 Å². The average Bonchev–Trinajstić information content (AvgIpc) is 2.29. The van der Waals surface area contributed by atoms with Crippen molar-refractivity contribution in [3.05, 3.63) is 23.8 Å². The molecule has 8 nitrogen and oxygen atoms in total. The molecule has 0 aliphatic heterocycles. The first-order valence-electron chi connectivity index (χ1n) is 4.97. The molecule has 0 aliphatic rings. The van der Waals surface area contributed by atoms with Gasteiger partial charge in [-0.3, -0.25) is 4.55 Å². The lowest BCUT2D eigenvalue weighted by atomic mass is 10.1. The Morgan fingerprint density at radius 1 is 1.37 bits per heavy atom. The van der Waals surface area contributed by atoms with Gasteiger partial charge in [-0.05, 0) is 17.7 Å². The highest BCUT2D eigenvalue weighted by atomic mass is 32.3. The quantitative estimate of drug-likeness (QED) is 0.618. The molecule has 3 N–H and O–H groups in total. The maximum Gasteiger partial charge on any atom is 0.446 e. The summed E-state index contributed by atoms with van der Waals surface area (Å²) in [6.45, 7) is 0. The summed E-state index contributed by atoms with van der Waals surface area (Å²) in [5.74, 6) is -1.65. The standard InChI is InChI=1S/C10H12O8S/c1-17-9-5-6(4-7(11)10(12)13)2-3-8(9)18-19(14,15)16/h2-3,5,7,11H,4H2,1H3,(H,12,13)(H,14,15,16). The van der Waals surface area contributed by atoms with Gasteiger partial charge in [0, 0.05) is 6.42 Å². The summed E-state index contributed by atoms with van der Waals surface area (Å²) in [4.78, 5) is 10.5. The molecule has 106 valence electrons. The topological polar surface area (TPSA) is 130 Å². The zero-order valence-electron chi connectivity index (χ0n) is 9.81. The second-order valence-electron chi connectivity index (χ2n) is 3.55. The number of carboxylic acid groups (broad SMARTS) is 1. The van der Waals surface area contributed by atoms with Crippen molar-refractivity contribution < 1.29 is 36.9 Å². The summed E-state index contributed by atoms with van der Waals surface area (Å²) in [7, 11) is -3.44. The molecule has 0 spiro atoms. The van der Waals surface area contributed by atoms with Crippen LogP contribution in [0.3, 0.4) is 0 Å². The lowest BCUT2D eigenvalue weighted by Gasteiger charge is -2.11. The molecule has 0 radical (unpaired) electrons. The van der Waals surface area contributed by atoms with Crippen molar-refractivity contribution in [1.29, 1.82) is 0 Å². The number of methoxy groups -OCH3 is 1. The van der Waals surface area contributed by atoms with Gasteiger partial charge in [0.25, 0.3) is 0 Å². The Labute approximate surface area is 109 Å². The number of carbonyl (C=O) groups is 1. The molecule has 1 aromatic carbocycles. The molecular weight excluding hydrogens is 280 g/mol. The molecule has 9 heteroatoms. The largest absolute Gasteiger partial charge is 0.493 e. The van der Waals surface area contributed by atoms with Crippen molar-refractivity contribution in [2.75, 3.05) is 7.11 Å². The van der Waals surface area contributed by atoms with Gasteiger partial charge in [-0.2, -0.15) is 8.42 Å². The van der Waals surface area contributed by atoms with Gasteiger partial charge in [-0.1, -0.05) is 6.07 Å². The number of carboxylic acids is 1. The van der Waals surface area contributed by atoms with Gasteiger partial charge in [0.2, 0.25) is 0 Å². The second-order valence-corrected chi connectivity index (χ2v) is 4.58. The fraction of sp³-hybridized carbons (Fsp3) is 0.300. The third-order valence-electron chi connectivity index (χ3n) is 2.14. The number of rotatable bonds is 6. The minimum atomic E-state index is -4.68. The highest BCUT2D eigenvalue weighted by molar-refractivity contribution is 7.81. The summed E-state index contributed by atoms with van der Waals surface area (Å²) < 4.78 is 38.8. The summed E-state index contributed by atoms with van der Waals surface area (Å²) in [5, 5.41) is 17.8. The molecule has 19 heavy (non-hydrogen) atoms. The predicted molar refractivity (Wildman–Crippen MR) is 62.5 cm³/mol. The van der Waals surface area contributed by atoms with Crippen LogP contribution in [0, 0.1) is 0 Å². The lowest BCUT2D eigenvalue weighted by Crippen LogP contribution is -2.22. The molecule has 1 rings (SSSR count). The van der Waals surface area contributed by atoms with Crippen molar-refractivity contribution in [3.8, 4) is 11.5 Å². The Hall–Kier alpha value is -1.84. The Morgan fingerprint density at radius 3 is 2.47 bits per heavy atom. The van der Waals surface area contributed by atoms with E-state index >= 15 is 0 Å². The van der Waals surface area contributed by atoms with Crippen molar-refractivity contribution in [1.82, 2.24) is 0 Å². The molecule has 0 saturated carbocycles. The molecule has 0 heterocycles. The summed E-state index contributed by atoms with van der Waals surface area (Å²) >= 11 is 0. The highest BCUT2D eigenvalue weighted by Gasteiger charge is 2.17. The summed E-state index contributed by atoms with van der Waals surface area (Å²) in [6, 6.07) is 3.82. The Kier molecular flexibility index (Phi) is 4.70. The van der Waals surface area contributed by atoms with E-state index in [9.17, 15) is 18.3 Å². The van der Waals surface area contributed by atoms with Crippen LogP contribution in [0.5, 0.6) is 11.5 Å². The van der Waals surface area contributed by atoms with E-state index in [1.807, 2.05) is 0 Å². The monoisotopic (exact) mass is 292 g/mol. The van der Waals surface area contributed by atoms with E-state index in [2.05, 4.69) is 4.18 Å². The highest BCUT2D eigenvalue weighted by Crippen LogP contribution is 2.29. The van der Waals surface area contributed by atoms with E-state index in [1.165, 1.54) is 25.3 Å². The first kappa shape index (κ1) is 15.2. The Morgan fingerprint density at radius 2 is 2.00 bits per heavy atom. The second kappa shape index (κ2) is 5.87. The van der Waals surface area contributed by atoms with E-state index in [-0.39, 0.29) is 17.9 Å². The number of ether oxygens (including phenoxy) is 1. The first-order chi connectivity index (χ1) is 8.73. The number of aliphatic hydroxyl groups excluding tert-OH is 1. The fourth-order valence-corrected chi connectivity index (χ4v) is 1.70. The van der Waals surface area contributed by atoms with Crippen molar-refractivity contribution in [2.24, 2.45) is 0 Å². The van der Waals surface area contributed by atoms with Crippen molar-refractivity contribution >= 4 is 16.4 Å². The maximum absolute atomic E-state index is 10.6. The van der Waals surface area contributed by atoms with Crippen LogP contribution in [-0.2, 0) is 21.6 Å². The van der Waals surface area contributed by atoms with Crippen molar-refractivity contribution in [2.45, 2.75) is 12.5 Å². The molecule has 0 fully saturated rings. The molecule has 0 aliphatic carbocycles. The van der Waals surface area contributed by atoms with E-state index in [1.54, 1.807) is 0 Å². The van der Waals surface area contributed by atoms with Crippen LogP contribution in [-0.4, -0.2) is 42.4 Å². The number of hydrogen-bond acceptors (Lipinski definition) is 6. The number of aliphatic carboxylic acids is 1. The van der Waals surface area contributed by atoms with Gasteiger partial charge in [-0.15, -0.1) is 0 Å². The Balaban J connectivity index is 2.99. The zero-order valence-corrected chi connectivity index (χ0v) is 10.6. The van der Waals surface area contributed by atoms with Crippen LogP contribution in [0.4, 0.5) is 0 Å². The number of hydrogen-bond donors (Lipinski definition) is 3. The third-order valence-corrected chi connectivity index (χ3v) is 2.53. The van der Waals surface area contributed by atoms with Gasteiger partial charge >= 0.3 is 16.4 Å². The minimum Gasteiger partial charge on any atom is -0.493 e. The van der Waals surface area contributed by atoms with Gasteiger partial charge in [0.15, 0.2) is 17.6 Å². The SMILES string of the molecule is COc1cc(CC(O)C(=O)O)ccc1OS(=O)(=O)O. The van der Waals surface area contributed by atoms with Crippen molar-refractivity contribution in [3.63, 3.8) is 0 Å². The van der Waals surface area contributed by atoms with Gasteiger partial charge < -0.3 is 19.1 Å². The number of benzene rings is 1. The average molecular weight is 292 g/mol. The maximum atomic E-state index is 10.6. The zero-order chi connectivity index (χ0) is 14.6. The summed E-state index contributed by atoms with van der Waals surface area (Å²) in [6.07, 6.45) is -1.77. The Bertz CT molecular complexity index is 565. The molecular formula is C10H12O8S. The molecule has 0 amide bonds. The smallest absolute Gasteiger partial charge is 0.446 e. The summed E-state index contributed by atoms with van der Waals surface area (Å²) in [5.41, 5.74) is 0.398. The first-order valence-corrected chi connectivity index (χ1v) is 6.34. The normalized spacial score (nSPS) is 12.8. The van der Waals surface area contributed by atoms with Crippen LogP contribution < -0.4 is 8.92 Å². The molecule has 1 unspecified atom stereocenters. The van der Waals surface area contributed by atoms with Gasteiger partial charge in [0.1, 0.15) is 0 Å². The van der Waals surface area contributed by atoms with E-state index in [0.717, 1.165) is 0 Å².